The van der Waals surface area contributed by atoms with Crippen molar-refractivity contribution in [3.63, 3.8) is 0 Å². The standard InChI is InChI=1S/C6H13O8P/c7-2-1-4(8)6(10)5(9)3-14-15(11,12)13/h2,4-6,8-10H,1,3H2,(H2,11,12,13)/t4-,5-,6+/m1/s1/i2+2. The van der Waals surface area contributed by atoms with Crippen LogP contribution in [0, 0.1) is 0 Å². The van der Waals surface area contributed by atoms with Gasteiger partial charge >= 0.3 is 7.82 Å². The highest BCUT2D eigenvalue weighted by molar-refractivity contribution is 7.46. The maximum atomic E-state index is 10.2. The van der Waals surface area contributed by atoms with Crippen molar-refractivity contribution in [1.82, 2.24) is 0 Å². The third kappa shape index (κ3) is 6.69. The fourth-order valence-electron chi connectivity index (χ4n) is 0.766. The van der Waals surface area contributed by atoms with E-state index >= 15 is 0 Å². The van der Waals surface area contributed by atoms with Crippen molar-refractivity contribution in [2.45, 2.75) is 24.7 Å². The van der Waals surface area contributed by atoms with Crippen molar-refractivity contribution in [3.05, 3.63) is 0 Å². The molecule has 0 aromatic rings. The third-order valence-corrected chi connectivity index (χ3v) is 2.03. The van der Waals surface area contributed by atoms with Crippen molar-refractivity contribution in [1.29, 1.82) is 0 Å². The smallest absolute Gasteiger partial charge is 0.390 e. The molecular weight excluding hydrogens is 233 g/mol. The van der Waals surface area contributed by atoms with Crippen molar-refractivity contribution in [2.24, 2.45) is 0 Å². The van der Waals surface area contributed by atoms with Crippen LogP contribution in [0.25, 0.3) is 0 Å². The van der Waals surface area contributed by atoms with Crippen molar-refractivity contribution in [2.75, 3.05) is 6.61 Å². The summed E-state index contributed by atoms with van der Waals surface area (Å²) in [7, 11) is -4.73. The number of aldehydes is 1. The van der Waals surface area contributed by atoms with Gasteiger partial charge in [0.05, 0.1) is 12.7 Å². The molecule has 0 radical (unpaired) electrons. The minimum Gasteiger partial charge on any atom is -0.390 e. The molecule has 0 aliphatic rings. The van der Waals surface area contributed by atoms with Crippen molar-refractivity contribution < 1.29 is 39.0 Å². The number of hydrogen-bond acceptors (Lipinski definition) is 6. The second-order valence-corrected chi connectivity index (χ2v) is 4.05. The van der Waals surface area contributed by atoms with Gasteiger partial charge in [-0.3, -0.25) is 4.52 Å². The number of rotatable bonds is 7. The molecule has 0 saturated carbocycles. The van der Waals surface area contributed by atoms with Crippen molar-refractivity contribution >= 4 is 14.1 Å². The molecular formula is C6H13O8P. The van der Waals surface area contributed by atoms with Crippen LogP contribution in [0.5, 0.6) is 0 Å². The van der Waals surface area contributed by atoms with Crippen molar-refractivity contribution in [3.8, 4) is 0 Å². The summed E-state index contributed by atoms with van der Waals surface area (Å²) in [5, 5.41) is 27.2. The van der Waals surface area contributed by atoms with Crippen LogP contribution in [0.4, 0.5) is 0 Å². The highest BCUT2D eigenvalue weighted by Crippen LogP contribution is 2.35. The summed E-state index contributed by atoms with van der Waals surface area (Å²) in [6, 6.07) is 0. The second kappa shape index (κ2) is 6.29. The molecule has 0 aliphatic heterocycles. The van der Waals surface area contributed by atoms with Gasteiger partial charge in [-0.15, -0.1) is 0 Å². The lowest BCUT2D eigenvalue weighted by Crippen LogP contribution is -2.40. The molecule has 9 heteroatoms. The molecule has 0 saturated heterocycles. The first-order valence-corrected chi connectivity index (χ1v) is 5.49. The van der Waals surface area contributed by atoms with Gasteiger partial charge in [-0.05, 0) is 0 Å². The van der Waals surface area contributed by atoms with Gasteiger partial charge in [0.2, 0.25) is 0 Å². The molecule has 5 N–H and O–H groups in total. The van der Waals surface area contributed by atoms with Crippen LogP contribution >= 0.6 is 7.82 Å². The number of phosphoric acid groups is 1. The summed E-state index contributed by atoms with van der Waals surface area (Å²) in [5.41, 5.74) is 0. The first-order valence-electron chi connectivity index (χ1n) is 3.96. The fraction of sp³-hybridized carbons (Fsp3) is 0.833. The van der Waals surface area contributed by atoms with Gasteiger partial charge in [0.25, 0.3) is 0 Å². The van der Waals surface area contributed by atoms with E-state index in [0.29, 0.717) is 6.29 Å². The summed E-state index contributed by atoms with van der Waals surface area (Å²) in [5.74, 6) is 0. The fourth-order valence-corrected chi connectivity index (χ4v) is 1.11. The molecule has 0 spiro atoms. The van der Waals surface area contributed by atoms with Gasteiger partial charge in [-0.25, -0.2) is 4.57 Å². The molecule has 0 amide bonds. The van der Waals surface area contributed by atoms with Crippen LogP contribution < -0.4 is 0 Å². The first kappa shape index (κ1) is 14.7. The van der Waals surface area contributed by atoms with Gasteiger partial charge in [-0.1, -0.05) is 0 Å². The number of aliphatic hydroxyl groups is 3. The maximum absolute atomic E-state index is 10.2. The Kier molecular flexibility index (Phi) is 6.15. The van der Waals surface area contributed by atoms with E-state index in [9.17, 15) is 9.36 Å². The predicted molar refractivity (Wildman–Crippen MR) is 46.7 cm³/mol. The first-order chi connectivity index (χ1) is 6.78. The molecule has 0 rings (SSSR count). The Morgan fingerprint density at radius 1 is 1.20 bits per heavy atom. The molecule has 0 aromatic carbocycles. The van der Waals surface area contributed by atoms with E-state index in [0.717, 1.165) is 0 Å². The molecule has 0 aliphatic carbocycles. The van der Waals surface area contributed by atoms with Crippen LogP contribution in [0.1, 0.15) is 6.42 Å². The Morgan fingerprint density at radius 3 is 2.13 bits per heavy atom. The molecule has 0 aromatic heterocycles. The zero-order valence-corrected chi connectivity index (χ0v) is 8.53. The van der Waals surface area contributed by atoms with E-state index in [2.05, 4.69) is 4.52 Å². The SMILES string of the molecule is O=[14CH]C[C@@H](O)[C@H](O)[C@H](O)COP(=O)(O)O. The number of carbonyl (C=O) groups is 1. The Bertz CT molecular complexity index is 237. The maximum Gasteiger partial charge on any atom is 0.469 e. The highest BCUT2D eigenvalue weighted by atomic mass is 31.2. The van der Waals surface area contributed by atoms with E-state index in [1.807, 2.05) is 0 Å². The monoisotopic (exact) mass is 246 g/mol. The van der Waals surface area contributed by atoms with Crippen LogP contribution in [0.3, 0.4) is 0 Å². The largest absolute Gasteiger partial charge is 0.469 e. The summed E-state index contributed by atoms with van der Waals surface area (Å²) in [6.07, 6.45) is -4.95. The highest BCUT2D eigenvalue weighted by Gasteiger charge is 2.27. The topological polar surface area (TPSA) is 145 Å². The van der Waals surface area contributed by atoms with Crippen LogP contribution in [0.2, 0.25) is 0 Å². The minimum absolute atomic E-state index is 0.338. The van der Waals surface area contributed by atoms with E-state index < -0.39 is 39.2 Å². The Morgan fingerprint density at radius 2 is 1.73 bits per heavy atom. The second-order valence-electron chi connectivity index (χ2n) is 2.81. The number of phosphoric ester groups is 1. The Hall–Kier alpha value is -0.340. The number of hydrogen-bond donors (Lipinski definition) is 5. The summed E-state index contributed by atoms with van der Waals surface area (Å²) in [6.45, 7) is -0.846. The molecule has 0 heterocycles. The Balaban J connectivity index is 4.03. The third-order valence-electron chi connectivity index (χ3n) is 1.54. The molecule has 3 atom stereocenters. The normalized spacial score (nSPS) is 18.2. The molecule has 0 fully saturated rings. The van der Waals surface area contributed by atoms with E-state index in [1.54, 1.807) is 0 Å². The van der Waals surface area contributed by atoms with E-state index in [1.165, 1.54) is 0 Å². The molecule has 0 bridgehead atoms. The van der Waals surface area contributed by atoms with Gasteiger partial charge < -0.3 is 29.9 Å². The van der Waals surface area contributed by atoms with Crippen LogP contribution in [-0.4, -0.2) is 56.3 Å². The lowest BCUT2D eigenvalue weighted by molar-refractivity contribution is -0.115. The zero-order chi connectivity index (χ0) is 12.1. The molecule has 8 nitrogen and oxygen atoms in total. The molecule has 0 unspecified atom stereocenters. The number of carbonyl (C=O) groups excluding carboxylic acids is 1. The van der Waals surface area contributed by atoms with Crippen LogP contribution in [-0.2, 0) is 13.9 Å². The Labute approximate surface area is 85.4 Å². The van der Waals surface area contributed by atoms with E-state index in [4.69, 9.17) is 25.1 Å². The van der Waals surface area contributed by atoms with Gasteiger partial charge in [0, 0.05) is 6.42 Å². The average Bonchev–Trinajstić information content (AvgIpc) is 2.12. The summed E-state index contributed by atoms with van der Waals surface area (Å²) >= 11 is 0. The lowest BCUT2D eigenvalue weighted by Gasteiger charge is -2.21. The summed E-state index contributed by atoms with van der Waals surface area (Å²) < 4.78 is 14.1. The zero-order valence-electron chi connectivity index (χ0n) is 7.63. The summed E-state index contributed by atoms with van der Waals surface area (Å²) in [4.78, 5) is 26.5. The number of aliphatic hydroxyl groups excluding tert-OH is 3. The van der Waals surface area contributed by atoms with Crippen LogP contribution in [0.15, 0.2) is 0 Å². The molecule has 15 heavy (non-hydrogen) atoms. The quantitative estimate of drug-likeness (QED) is 0.250. The van der Waals surface area contributed by atoms with Gasteiger partial charge in [-0.2, -0.15) is 0 Å². The minimum atomic E-state index is -4.73. The molecule has 90 valence electrons. The predicted octanol–water partition coefficient (Wildman–Crippen LogP) is -2.23. The van der Waals surface area contributed by atoms with Gasteiger partial charge in [0.15, 0.2) is 0 Å². The van der Waals surface area contributed by atoms with Gasteiger partial charge in [0.1, 0.15) is 18.5 Å². The lowest BCUT2D eigenvalue weighted by atomic mass is 10.1. The average molecular weight is 246 g/mol. The van der Waals surface area contributed by atoms with E-state index in [-0.39, 0.29) is 0 Å².